The van der Waals surface area contributed by atoms with Crippen LogP contribution < -0.4 is 16.4 Å². The van der Waals surface area contributed by atoms with E-state index in [0.29, 0.717) is 31.7 Å². The third-order valence-corrected chi connectivity index (χ3v) is 3.42. The molecule has 1 aromatic carbocycles. The number of benzene rings is 1. The summed E-state index contributed by atoms with van der Waals surface area (Å²) in [5.74, 6) is -0.0481. The second-order valence-electron chi connectivity index (χ2n) is 4.94. The summed E-state index contributed by atoms with van der Waals surface area (Å²) in [7, 11) is 0. The number of carbonyl (C=O) groups is 2. The van der Waals surface area contributed by atoms with Crippen LogP contribution in [0.2, 0.25) is 0 Å². The third kappa shape index (κ3) is 3.71. The van der Waals surface area contributed by atoms with E-state index in [-0.39, 0.29) is 11.8 Å². The molecule has 2 rings (SSSR count). The highest BCUT2D eigenvalue weighted by Crippen LogP contribution is 2.20. The van der Waals surface area contributed by atoms with Crippen LogP contribution in [0.4, 0.5) is 11.4 Å². The summed E-state index contributed by atoms with van der Waals surface area (Å²) < 4.78 is 0. The number of nitrogen functional groups attached to an aromatic ring is 1. The Hall–Kier alpha value is -2.08. The normalized spacial score (nSPS) is 15.8. The van der Waals surface area contributed by atoms with Crippen LogP contribution in [0, 0.1) is 6.92 Å². The second-order valence-corrected chi connectivity index (χ2v) is 4.94. The molecule has 108 valence electrons. The Morgan fingerprint density at radius 3 is 3.05 bits per heavy atom. The molecule has 1 aliphatic rings. The maximum Gasteiger partial charge on any atom is 0.234 e. The minimum atomic E-state index is -0.0651. The van der Waals surface area contributed by atoms with Crippen molar-refractivity contribution < 1.29 is 9.59 Å². The van der Waals surface area contributed by atoms with Gasteiger partial charge in [-0.25, -0.2) is 0 Å². The SMILES string of the molecule is Cc1c(N)cccc1NC(=O)CCN1CCNC(=O)C1. The molecule has 0 spiro atoms. The van der Waals surface area contributed by atoms with Gasteiger partial charge in [-0.2, -0.15) is 0 Å². The molecule has 1 heterocycles. The number of anilines is 2. The second kappa shape index (κ2) is 6.38. The van der Waals surface area contributed by atoms with Crippen molar-refractivity contribution in [3.8, 4) is 0 Å². The van der Waals surface area contributed by atoms with E-state index in [1.807, 2.05) is 24.0 Å². The lowest BCUT2D eigenvalue weighted by molar-refractivity contribution is -0.125. The number of amides is 2. The fourth-order valence-electron chi connectivity index (χ4n) is 2.14. The van der Waals surface area contributed by atoms with Gasteiger partial charge in [0.15, 0.2) is 0 Å². The van der Waals surface area contributed by atoms with E-state index in [1.165, 1.54) is 0 Å². The standard InChI is InChI=1S/C14H20N4O2/c1-10-11(15)3-2-4-12(10)17-13(19)5-7-18-8-6-16-14(20)9-18/h2-4H,5-9,15H2,1H3,(H,16,20)(H,17,19). The first-order valence-corrected chi connectivity index (χ1v) is 6.70. The van der Waals surface area contributed by atoms with Gasteiger partial charge < -0.3 is 16.4 Å². The highest BCUT2D eigenvalue weighted by Gasteiger charge is 2.16. The molecule has 6 heteroatoms. The van der Waals surface area contributed by atoms with Crippen LogP contribution in [0.25, 0.3) is 0 Å². The Kier molecular flexibility index (Phi) is 4.57. The van der Waals surface area contributed by atoms with Crippen molar-refractivity contribution in [3.05, 3.63) is 23.8 Å². The monoisotopic (exact) mass is 276 g/mol. The van der Waals surface area contributed by atoms with Crippen molar-refractivity contribution in [2.45, 2.75) is 13.3 Å². The van der Waals surface area contributed by atoms with Gasteiger partial charge in [0, 0.05) is 37.4 Å². The Morgan fingerprint density at radius 1 is 1.50 bits per heavy atom. The fourth-order valence-corrected chi connectivity index (χ4v) is 2.14. The third-order valence-electron chi connectivity index (χ3n) is 3.42. The van der Waals surface area contributed by atoms with Crippen LogP contribution in [0.1, 0.15) is 12.0 Å². The molecule has 0 aromatic heterocycles. The summed E-state index contributed by atoms with van der Waals surface area (Å²) >= 11 is 0. The van der Waals surface area contributed by atoms with E-state index in [0.717, 1.165) is 17.8 Å². The first-order valence-electron chi connectivity index (χ1n) is 6.70. The predicted octanol–water partition coefficient (Wildman–Crippen LogP) is 0.338. The van der Waals surface area contributed by atoms with Crippen molar-refractivity contribution in [2.24, 2.45) is 0 Å². The van der Waals surface area contributed by atoms with Crippen LogP contribution in [0.15, 0.2) is 18.2 Å². The van der Waals surface area contributed by atoms with Crippen molar-refractivity contribution in [2.75, 3.05) is 37.2 Å². The highest BCUT2D eigenvalue weighted by atomic mass is 16.2. The molecule has 1 fully saturated rings. The molecule has 4 N–H and O–H groups in total. The zero-order chi connectivity index (χ0) is 14.5. The largest absolute Gasteiger partial charge is 0.398 e. The van der Waals surface area contributed by atoms with Crippen LogP contribution >= 0.6 is 0 Å². The van der Waals surface area contributed by atoms with Gasteiger partial charge in [-0.05, 0) is 24.6 Å². The molecule has 1 saturated heterocycles. The summed E-state index contributed by atoms with van der Waals surface area (Å²) in [5.41, 5.74) is 8.08. The number of nitrogens with zero attached hydrogens (tertiary/aromatic N) is 1. The molecular weight excluding hydrogens is 256 g/mol. The number of nitrogens with two attached hydrogens (primary N) is 1. The average Bonchev–Trinajstić information content (AvgIpc) is 2.42. The Bertz CT molecular complexity index is 516. The number of hydrogen-bond acceptors (Lipinski definition) is 4. The van der Waals surface area contributed by atoms with Crippen LogP contribution in [0.3, 0.4) is 0 Å². The van der Waals surface area contributed by atoms with Gasteiger partial charge in [-0.3, -0.25) is 14.5 Å². The summed E-state index contributed by atoms with van der Waals surface area (Å²) in [6.45, 7) is 4.26. The minimum Gasteiger partial charge on any atom is -0.398 e. The van der Waals surface area contributed by atoms with Gasteiger partial charge in [-0.1, -0.05) is 6.07 Å². The first-order chi connectivity index (χ1) is 9.56. The summed E-state index contributed by atoms with van der Waals surface area (Å²) in [5, 5.41) is 5.61. The molecule has 1 aliphatic heterocycles. The minimum absolute atomic E-state index is 0.0170. The van der Waals surface area contributed by atoms with Crippen molar-refractivity contribution in [1.82, 2.24) is 10.2 Å². The average molecular weight is 276 g/mol. The van der Waals surface area contributed by atoms with E-state index >= 15 is 0 Å². The molecule has 0 radical (unpaired) electrons. The topological polar surface area (TPSA) is 87.5 Å². The van der Waals surface area contributed by atoms with E-state index in [1.54, 1.807) is 6.07 Å². The molecule has 0 atom stereocenters. The highest BCUT2D eigenvalue weighted by molar-refractivity contribution is 5.92. The maximum atomic E-state index is 11.9. The summed E-state index contributed by atoms with van der Waals surface area (Å²) in [6, 6.07) is 5.45. The Balaban J connectivity index is 1.83. The van der Waals surface area contributed by atoms with Crippen molar-refractivity contribution in [3.63, 3.8) is 0 Å². The van der Waals surface area contributed by atoms with Crippen molar-refractivity contribution in [1.29, 1.82) is 0 Å². The predicted molar refractivity (Wildman–Crippen MR) is 78.3 cm³/mol. The number of carbonyl (C=O) groups excluding carboxylic acids is 2. The van der Waals surface area contributed by atoms with E-state index in [4.69, 9.17) is 5.73 Å². The quantitative estimate of drug-likeness (QED) is 0.692. The number of piperazine rings is 1. The molecule has 1 aromatic rings. The van der Waals surface area contributed by atoms with Crippen molar-refractivity contribution >= 4 is 23.2 Å². The van der Waals surface area contributed by atoms with Crippen LogP contribution in [-0.2, 0) is 9.59 Å². The van der Waals surface area contributed by atoms with Gasteiger partial charge in [0.1, 0.15) is 0 Å². The van der Waals surface area contributed by atoms with E-state index in [9.17, 15) is 9.59 Å². The molecule has 0 unspecified atom stereocenters. The zero-order valence-electron chi connectivity index (χ0n) is 11.6. The molecule has 0 aliphatic carbocycles. The smallest absolute Gasteiger partial charge is 0.234 e. The molecule has 0 bridgehead atoms. The number of nitrogens with one attached hydrogen (secondary N) is 2. The Labute approximate surface area is 118 Å². The maximum absolute atomic E-state index is 11.9. The summed E-state index contributed by atoms with van der Waals surface area (Å²) in [6.07, 6.45) is 0.363. The molecule has 6 nitrogen and oxygen atoms in total. The first kappa shape index (κ1) is 14.3. The lowest BCUT2D eigenvalue weighted by Crippen LogP contribution is -2.48. The van der Waals surface area contributed by atoms with E-state index in [2.05, 4.69) is 10.6 Å². The van der Waals surface area contributed by atoms with Crippen LogP contribution in [-0.4, -0.2) is 42.9 Å². The lowest BCUT2D eigenvalue weighted by Gasteiger charge is -2.26. The fraction of sp³-hybridized carbons (Fsp3) is 0.429. The van der Waals surface area contributed by atoms with Gasteiger partial charge in [0.25, 0.3) is 0 Å². The number of rotatable bonds is 4. The van der Waals surface area contributed by atoms with Gasteiger partial charge >= 0.3 is 0 Å². The molecular formula is C14H20N4O2. The number of hydrogen-bond donors (Lipinski definition) is 3. The molecule has 0 saturated carbocycles. The lowest BCUT2D eigenvalue weighted by atomic mass is 10.1. The molecule has 20 heavy (non-hydrogen) atoms. The van der Waals surface area contributed by atoms with Gasteiger partial charge in [0.2, 0.25) is 11.8 Å². The van der Waals surface area contributed by atoms with Gasteiger partial charge in [-0.15, -0.1) is 0 Å². The van der Waals surface area contributed by atoms with Gasteiger partial charge in [0.05, 0.1) is 6.54 Å². The summed E-state index contributed by atoms with van der Waals surface area (Å²) in [4.78, 5) is 25.1. The Morgan fingerprint density at radius 2 is 2.30 bits per heavy atom. The van der Waals surface area contributed by atoms with Crippen LogP contribution in [0.5, 0.6) is 0 Å². The zero-order valence-corrected chi connectivity index (χ0v) is 11.6. The molecule has 2 amide bonds. The van der Waals surface area contributed by atoms with E-state index < -0.39 is 0 Å².